The molecular formula is C9H4ClN3O2. The Kier molecular flexibility index (Phi) is 2.06. The van der Waals surface area contributed by atoms with E-state index in [0.717, 1.165) is 0 Å². The average molecular weight is 222 g/mol. The largest absolute Gasteiger partial charge is 0.478 e. The average Bonchev–Trinajstić information content (AvgIpc) is 2.55. The molecule has 6 heteroatoms. The SMILES string of the molecule is N#Cc1ccc2[nH]c(Cl)nc2c1C(=O)O. The summed E-state index contributed by atoms with van der Waals surface area (Å²) in [4.78, 5) is 17.5. The summed E-state index contributed by atoms with van der Waals surface area (Å²) in [5.41, 5.74) is 0.638. The van der Waals surface area contributed by atoms with Crippen molar-refractivity contribution in [3.05, 3.63) is 28.5 Å². The molecule has 0 aliphatic carbocycles. The lowest BCUT2D eigenvalue weighted by atomic mass is 10.1. The number of halogens is 1. The molecule has 0 aliphatic heterocycles. The maximum absolute atomic E-state index is 11.0. The van der Waals surface area contributed by atoms with Crippen LogP contribution in [0.15, 0.2) is 12.1 Å². The number of aromatic carboxylic acids is 1. The summed E-state index contributed by atoms with van der Waals surface area (Å²) in [6, 6.07) is 4.79. The minimum absolute atomic E-state index is 0.0677. The van der Waals surface area contributed by atoms with Crippen LogP contribution in [0.25, 0.3) is 11.0 Å². The summed E-state index contributed by atoms with van der Waals surface area (Å²) in [5.74, 6) is -1.19. The van der Waals surface area contributed by atoms with Crippen LogP contribution in [0.1, 0.15) is 15.9 Å². The van der Waals surface area contributed by atoms with Crippen LogP contribution in [0.2, 0.25) is 5.28 Å². The fourth-order valence-corrected chi connectivity index (χ4v) is 1.54. The molecular weight excluding hydrogens is 218 g/mol. The van der Waals surface area contributed by atoms with Gasteiger partial charge in [0, 0.05) is 0 Å². The van der Waals surface area contributed by atoms with Gasteiger partial charge in [-0.05, 0) is 23.7 Å². The molecule has 2 rings (SSSR count). The van der Waals surface area contributed by atoms with E-state index in [0.29, 0.717) is 5.52 Å². The maximum atomic E-state index is 11.0. The minimum atomic E-state index is -1.19. The van der Waals surface area contributed by atoms with Gasteiger partial charge < -0.3 is 10.1 Å². The van der Waals surface area contributed by atoms with Gasteiger partial charge in [0.2, 0.25) is 5.28 Å². The summed E-state index contributed by atoms with van der Waals surface area (Å²) in [6.45, 7) is 0. The lowest BCUT2D eigenvalue weighted by Crippen LogP contribution is -2.01. The Balaban J connectivity index is 2.91. The van der Waals surface area contributed by atoms with E-state index in [1.54, 1.807) is 12.1 Å². The second-order valence-corrected chi connectivity index (χ2v) is 3.19. The van der Waals surface area contributed by atoms with Gasteiger partial charge in [-0.3, -0.25) is 0 Å². The van der Waals surface area contributed by atoms with Gasteiger partial charge in [0.25, 0.3) is 0 Å². The first-order valence-corrected chi connectivity index (χ1v) is 4.33. The molecule has 0 spiro atoms. The van der Waals surface area contributed by atoms with Gasteiger partial charge in [-0.2, -0.15) is 5.26 Å². The van der Waals surface area contributed by atoms with Gasteiger partial charge in [0.05, 0.1) is 11.1 Å². The van der Waals surface area contributed by atoms with Crippen LogP contribution in [0.3, 0.4) is 0 Å². The van der Waals surface area contributed by atoms with Gasteiger partial charge in [0.1, 0.15) is 17.1 Å². The van der Waals surface area contributed by atoms with Crippen molar-refractivity contribution in [2.45, 2.75) is 0 Å². The third kappa shape index (κ3) is 1.41. The van der Waals surface area contributed by atoms with E-state index >= 15 is 0 Å². The molecule has 74 valence electrons. The number of imidazole rings is 1. The fourth-order valence-electron chi connectivity index (χ4n) is 1.36. The van der Waals surface area contributed by atoms with E-state index < -0.39 is 5.97 Å². The highest BCUT2D eigenvalue weighted by Crippen LogP contribution is 2.21. The zero-order valence-electron chi connectivity index (χ0n) is 7.28. The number of carbonyl (C=O) groups is 1. The van der Waals surface area contributed by atoms with Gasteiger partial charge in [0.15, 0.2) is 0 Å². The summed E-state index contributed by atoms with van der Waals surface area (Å²) >= 11 is 5.61. The lowest BCUT2D eigenvalue weighted by molar-refractivity contribution is 0.0698. The summed E-state index contributed by atoms with van der Waals surface area (Å²) in [5, 5.41) is 17.8. The Labute approximate surface area is 88.9 Å². The van der Waals surface area contributed by atoms with Crippen molar-refractivity contribution in [3.8, 4) is 6.07 Å². The number of nitrogens with one attached hydrogen (secondary N) is 1. The van der Waals surface area contributed by atoms with Crippen LogP contribution in [0.5, 0.6) is 0 Å². The predicted molar refractivity (Wildman–Crippen MR) is 52.8 cm³/mol. The third-order valence-electron chi connectivity index (χ3n) is 1.96. The second-order valence-electron chi connectivity index (χ2n) is 2.83. The van der Waals surface area contributed by atoms with Crippen molar-refractivity contribution >= 4 is 28.6 Å². The highest BCUT2D eigenvalue weighted by Gasteiger charge is 2.17. The normalized spacial score (nSPS) is 10.1. The van der Waals surface area contributed by atoms with E-state index in [4.69, 9.17) is 22.0 Å². The van der Waals surface area contributed by atoms with Crippen LogP contribution in [-0.2, 0) is 0 Å². The van der Waals surface area contributed by atoms with E-state index in [2.05, 4.69) is 9.97 Å². The molecule has 0 unspecified atom stereocenters. The Bertz CT molecular complexity index is 597. The molecule has 0 saturated carbocycles. The van der Waals surface area contributed by atoms with Crippen molar-refractivity contribution < 1.29 is 9.90 Å². The lowest BCUT2D eigenvalue weighted by Gasteiger charge is -1.97. The summed E-state index contributed by atoms with van der Waals surface area (Å²) in [6.07, 6.45) is 0. The van der Waals surface area contributed by atoms with Crippen LogP contribution in [0.4, 0.5) is 0 Å². The van der Waals surface area contributed by atoms with E-state index in [1.807, 2.05) is 0 Å². The first kappa shape index (κ1) is 9.49. The van der Waals surface area contributed by atoms with Gasteiger partial charge >= 0.3 is 5.97 Å². The number of fused-ring (bicyclic) bond motifs is 1. The second kappa shape index (κ2) is 3.26. The minimum Gasteiger partial charge on any atom is -0.478 e. The summed E-state index contributed by atoms with van der Waals surface area (Å²) < 4.78 is 0. The third-order valence-corrected chi connectivity index (χ3v) is 2.14. The van der Waals surface area contributed by atoms with Crippen molar-refractivity contribution in [1.29, 1.82) is 5.26 Å². The number of aromatic nitrogens is 2. The highest BCUT2D eigenvalue weighted by molar-refractivity contribution is 6.29. The first-order chi connectivity index (χ1) is 7.13. The van der Waals surface area contributed by atoms with Gasteiger partial charge in [-0.15, -0.1) is 0 Å². The standard InChI is InChI=1S/C9H4ClN3O2/c10-9-12-5-2-1-4(3-11)6(8(14)15)7(5)13-9/h1-2H,(H,12,13)(H,14,15). The zero-order chi connectivity index (χ0) is 11.0. The van der Waals surface area contributed by atoms with E-state index in [-0.39, 0.29) is 21.9 Å². The zero-order valence-corrected chi connectivity index (χ0v) is 8.04. The van der Waals surface area contributed by atoms with E-state index in [9.17, 15) is 4.79 Å². The van der Waals surface area contributed by atoms with E-state index in [1.165, 1.54) is 6.07 Å². The number of H-pyrrole nitrogens is 1. The molecule has 1 aromatic heterocycles. The van der Waals surface area contributed by atoms with Crippen LogP contribution < -0.4 is 0 Å². The molecule has 0 amide bonds. The molecule has 5 nitrogen and oxygen atoms in total. The highest BCUT2D eigenvalue weighted by atomic mass is 35.5. The van der Waals surface area contributed by atoms with Gasteiger partial charge in [-0.1, -0.05) is 0 Å². The van der Waals surface area contributed by atoms with Crippen LogP contribution in [-0.4, -0.2) is 21.0 Å². The van der Waals surface area contributed by atoms with Crippen molar-refractivity contribution in [1.82, 2.24) is 9.97 Å². The molecule has 1 aromatic carbocycles. The topological polar surface area (TPSA) is 89.8 Å². The number of aromatic amines is 1. The number of rotatable bonds is 1. The Morgan fingerprint density at radius 2 is 2.33 bits per heavy atom. The molecule has 0 atom stereocenters. The van der Waals surface area contributed by atoms with Crippen molar-refractivity contribution in [2.75, 3.05) is 0 Å². The molecule has 0 fully saturated rings. The van der Waals surface area contributed by atoms with Crippen molar-refractivity contribution in [2.24, 2.45) is 0 Å². The predicted octanol–water partition coefficient (Wildman–Crippen LogP) is 1.79. The molecule has 0 bridgehead atoms. The van der Waals surface area contributed by atoms with Crippen LogP contribution in [0, 0.1) is 11.3 Å². The molecule has 15 heavy (non-hydrogen) atoms. The fraction of sp³-hybridized carbons (Fsp3) is 0. The molecule has 0 aliphatic rings. The number of hydrogen-bond acceptors (Lipinski definition) is 3. The number of carboxylic acids is 1. The molecule has 2 aromatic rings. The molecule has 0 radical (unpaired) electrons. The summed E-state index contributed by atoms with van der Waals surface area (Å²) in [7, 11) is 0. The Morgan fingerprint density at radius 3 is 2.93 bits per heavy atom. The quantitative estimate of drug-likeness (QED) is 0.768. The van der Waals surface area contributed by atoms with Gasteiger partial charge in [-0.25, -0.2) is 9.78 Å². The smallest absolute Gasteiger partial charge is 0.339 e. The molecule has 0 saturated heterocycles. The maximum Gasteiger partial charge on any atom is 0.339 e. The Morgan fingerprint density at radius 1 is 1.60 bits per heavy atom. The Hall–Kier alpha value is -2.06. The van der Waals surface area contributed by atoms with Crippen molar-refractivity contribution in [3.63, 3.8) is 0 Å². The first-order valence-electron chi connectivity index (χ1n) is 3.95. The number of benzene rings is 1. The molecule has 2 N–H and O–H groups in total. The number of carboxylic acid groups (broad SMARTS) is 1. The van der Waals surface area contributed by atoms with Crippen LogP contribution >= 0.6 is 11.6 Å². The molecule has 1 heterocycles. The number of nitriles is 1. The number of nitrogens with zero attached hydrogens (tertiary/aromatic N) is 2. The number of hydrogen-bond donors (Lipinski definition) is 2. The monoisotopic (exact) mass is 221 g/mol.